The Hall–Kier alpha value is -2.36. The standard InChI is InChI=1S/C43H73O9P/c1-3-5-7-9-11-13-15-17-19-20-21-22-24-26-28-30-32-34-36-49-39-42(40-51-53(47,48)50-38-41(45)37-44)52-43(46)35-33-31-29-27-25-23-18-16-14-12-10-8-6-4-2/h5,7,10-13,16-19,21-22,26,28,41-42,44-45H,3-4,6,8-9,14-15,20,23-25,27,29-40H2,1-2H3,(H,47,48)/b7-5-,12-10-,13-11-,18-16-,19-17-,22-21-,28-26-. The van der Waals surface area contributed by atoms with Gasteiger partial charge in [-0.3, -0.25) is 13.8 Å². The second-order valence-corrected chi connectivity index (χ2v) is 14.4. The summed E-state index contributed by atoms with van der Waals surface area (Å²) >= 11 is 0. The van der Waals surface area contributed by atoms with Crippen LogP contribution in [0.15, 0.2) is 85.1 Å². The van der Waals surface area contributed by atoms with Crippen LogP contribution < -0.4 is 0 Å². The third kappa shape index (κ3) is 39.2. The van der Waals surface area contributed by atoms with E-state index in [1.807, 2.05) is 0 Å². The van der Waals surface area contributed by atoms with E-state index in [1.54, 1.807) is 0 Å². The van der Waals surface area contributed by atoms with Crippen LogP contribution in [0.3, 0.4) is 0 Å². The Kier molecular flexibility index (Phi) is 37.6. The molecule has 0 aromatic carbocycles. The number of phosphoric acid groups is 1. The number of aliphatic hydroxyl groups is 2. The van der Waals surface area contributed by atoms with Crippen molar-refractivity contribution in [2.45, 2.75) is 148 Å². The minimum Gasteiger partial charge on any atom is -0.457 e. The maximum absolute atomic E-state index is 12.6. The minimum absolute atomic E-state index is 0.00865. The molecule has 0 bridgehead atoms. The third-order valence-corrected chi connectivity index (χ3v) is 8.77. The first-order chi connectivity index (χ1) is 25.8. The van der Waals surface area contributed by atoms with Gasteiger partial charge in [-0.1, -0.05) is 131 Å². The summed E-state index contributed by atoms with van der Waals surface area (Å²) in [6.45, 7) is 3.19. The SMILES string of the molecule is CC/C=C\C/C=C\C/C=C\C/C=C\C/C=C\CCCCOCC(COP(=O)(O)OCC(O)CO)OC(=O)CCCCCCC/C=C\C/C=C\CCCC. The number of carbonyl (C=O) groups is 1. The number of hydrogen-bond acceptors (Lipinski definition) is 8. The van der Waals surface area contributed by atoms with E-state index >= 15 is 0 Å². The maximum atomic E-state index is 12.6. The van der Waals surface area contributed by atoms with Crippen molar-refractivity contribution in [3.05, 3.63) is 85.1 Å². The number of allylic oxidation sites excluding steroid dienone is 14. The van der Waals surface area contributed by atoms with Gasteiger partial charge in [0.25, 0.3) is 0 Å². The van der Waals surface area contributed by atoms with Crippen molar-refractivity contribution < 1.29 is 43.0 Å². The molecular weight excluding hydrogens is 691 g/mol. The lowest BCUT2D eigenvalue weighted by Gasteiger charge is -2.20. The predicted molar refractivity (Wildman–Crippen MR) is 219 cm³/mol. The van der Waals surface area contributed by atoms with E-state index in [-0.39, 0.29) is 13.0 Å². The Labute approximate surface area is 322 Å². The average Bonchev–Trinajstić information content (AvgIpc) is 3.15. The average molecular weight is 765 g/mol. The van der Waals surface area contributed by atoms with E-state index in [0.717, 1.165) is 96.3 Å². The molecule has 0 heterocycles. The topological polar surface area (TPSA) is 132 Å². The summed E-state index contributed by atoms with van der Waals surface area (Å²) in [4.78, 5) is 22.5. The van der Waals surface area contributed by atoms with Gasteiger partial charge in [0, 0.05) is 13.0 Å². The molecule has 3 N–H and O–H groups in total. The zero-order valence-electron chi connectivity index (χ0n) is 32.9. The lowest BCUT2D eigenvalue weighted by atomic mass is 10.1. The molecule has 0 saturated heterocycles. The van der Waals surface area contributed by atoms with Gasteiger partial charge in [0.1, 0.15) is 12.2 Å². The minimum atomic E-state index is -4.54. The molecule has 0 aliphatic heterocycles. The van der Waals surface area contributed by atoms with E-state index < -0.39 is 45.8 Å². The van der Waals surface area contributed by atoms with E-state index in [0.29, 0.717) is 13.0 Å². The summed E-state index contributed by atoms with van der Waals surface area (Å²) in [6.07, 6.45) is 46.9. The number of esters is 1. The molecule has 3 atom stereocenters. The number of unbranched alkanes of at least 4 members (excludes halogenated alkanes) is 9. The molecule has 0 saturated carbocycles. The van der Waals surface area contributed by atoms with Gasteiger partial charge < -0.3 is 24.6 Å². The highest BCUT2D eigenvalue weighted by molar-refractivity contribution is 7.47. The van der Waals surface area contributed by atoms with Crippen LogP contribution in [0.25, 0.3) is 0 Å². The molecule has 304 valence electrons. The molecular formula is C43H73O9P. The Morgan fingerprint density at radius 2 is 1.08 bits per heavy atom. The molecule has 0 radical (unpaired) electrons. The normalized spacial score (nSPS) is 15.0. The third-order valence-electron chi connectivity index (χ3n) is 7.81. The van der Waals surface area contributed by atoms with Crippen molar-refractivity contribution in [3.8, 4) is 0 Å². The molecule has 10 heteroatoms. The number of phosphoric ester groups is 1. The Morgan fingerprint density at radius 1 is 0.604 bits per heavy atom. The maximum Gasteiger partial charge on any atom is 0.472 e. The van der Waals surface area contributed by atoms with Gasteiger partial charge in [0.2, 0.25) is 0 Å². The summed E-state index contributed by atoms with van der Waals surface area (Å²) in [5, 5.41) is 18.3. The van der Waals surface area contributed by atoms with Crippen molar-refractivity contribution in [1.29, 1.82) is 0 Å². The second kappa shape index (κ2) is 39.3. The van der Waals surface area contributed by atoms with Gasteiger partial charge >= 0.3 is 13.8 Å². The van der Waals surface area contributed by atoms with Crippen LogP contribution in [0.5, 0.6) is 0 Å². The largest absolute Gasteiger partial charge is 0.472 e. The zero-order valence-corrected chi connectivity index (χ0v) is 33.8. The highest BCUT2D eigenvalue weighted by atomic mass is 31.2. The Morgan fingerprint density at radius 3 is 1.62 bits per heavy atom. The fourth-order valence-electron chi connectivity index (χ4n) is 4.75. The van der Waals surface area contributed by atoms with Crippen LogP contribution in [-0.4, -0.2) is 66.3 Å². The molecule has 0 amide bonds. The summed E-state index contributed by atoms with van der Waals surface area (Å²) in [5.74, 6) is -0.417. The van der Waals surface area contributed by atoms with Crippen LogP contribution in [-0.2, 0) is 27.9 Å². The van der Waals surface area contributed by atoms with Gasteiger partial charge in [-0.15, -0.1) is 0 Å². The number of rotatable bonds is 37. The highest BCUT2D eigenvalue weighted by Gasteiger charge is 2.26. The van der Waals surface area contributed by atoms with E-state index in [2.05, 4.69) is 98.9 Å². The van der Waals surface area contributed by atoms with Gasteiger partial charge in [-0.25, -0.2) is 4.57 Å². The zero-order chi connectivity index (χ0) is 38.9. The van der Waals surface area contributed by atoms with Crippen LogP contribution in [0.1, 0.15) is 136 Å². The highest BCUT2D eigenvalue weighted by Crippen LogP contribution is 2.43. The number of aliphatic hydroxyl groups excluding tert-OH is 2. The molecule has 0 aliphatic rings. The molecule has 0 aromatic rings. The molecule has 0 aromatic heterocycles. The van der Waals surface area contributed by atoms with Crippen molar-refractivity contribution in [1.82, 2.24) is 0 Å². The van der Waals surface area contributed by atoms with Crippen molar-refractivity contribution in [3.63, 3.8) is 0 Å². The van der Waals surface area contributed by atoms with Gasteiger partial charge in [-0.2, -0.15) is 0 Å². The van der Waals surface area contributed by atoms with Crippen molar-refractivity contribution in [2.75, 3.05) is 33.0 Å². The van der Waals surface area contributed by atoms with Crippen LogP contribution in [0.4, 0.5) is 0 Å². The lowest BCUT2D eigenvalue weighted by Crippen LogP contribution is -2.29. The van der Waals surface area contributed by atoms with Crippen molar-refractivity contribution >= 4 is 13.8 Å². The quantitative estimate of drug-likeness (QED) is 0.0245. The van der Waals surface area contributed by atoms with Crippen LogP contribution in [0, 0.1) is 0 Å². The molecule has 3 unspecified atom stereocenters. The second-order valence-electron chi connectivity index (χ2n) is 12.9. The molecule has 0 aliphatic carbocycles. The summed E-state index contributed by atoms with van der Waals surface area (Å²) in [6, 6.07) is 0. The fraction of sp³-hybridized carbons (Fsp3) is 0.651. The summed E-state index contributed by atoms with van der Waals surface area (Å²) in [5.41, 5.74) is 0. The number of ether oxygens (including phenoxy) is 2. The molecule has 53 heavy (non-hydrogen) atoms. The first kappa shape index (κ1) is 50.6. The molecule has 9 nitrogen and oxygen atoms in total. The molecule has 0 rings (SSSR count). The van der Waals surface area contributed by atoms with Crippen LogP contribution in [0.2, 0.25) is 0 Å². The van der Waals surface area contributed by atoms with E-state index in [4.69, 9.17) is 23.6 Å². The smallest absolute Gasteiger partial charge is 0.457 e. The Bertz CT molecular complexity index is 1090. The van der Waals surface area contributed by atoms with Crippen LogP contribution >= 0.6 is 7.82 Å². The van der Waals surface area contributed by atoms with E-state index in [9.17, 15) is 19.4 Å². The van der Waals surface area contributed by atoms with Gasteiger partial charge in [0.05, 0.1) is 26.4 Å². The van der Waals surface area contributed by atoms with Gasteiger partial charge in [0.15, 0.2) is 0 Å². The van der Waals surface area contributed by atoms with E-state index in [1.165, 1.54) is 12.8 Å². The van der Waals surface area contributed by atoms with Crippen molar-refractivity contribution in [2.24, 2.45) is 0 Å². The Balaban J connectivity index is 4.35. The molecule has 0 spiro atoms. The first-order valence-electron chi connectivity index (χ1n) is 20.1. The summed E-state index contributed by atoms with van der Waals surface area (Å²) < 4.78 is 33.2. The fourth-order valence-corrected chi connectivity index (χ4v) is 5.54. The molecule has 0 fully saturated rings. The summed E-state index contributed by atoms with van der Waals surface area (Å²) in [7, 11) is -4.54. The predicted octanol–water partition coefficient (Wildman–Crippen LogP) is 10.7. The number of hydrogen-bond donors (Lipinski definition) is 3. The number of carbonyl (C=O) groups excluding carboxylic acids is 1. The monoisotopic (exact) mass is 764 g/mol. The lowest BCUT2D eigenvalue weighted by molar-refractivity contribution is -0.154. The first-order valence-corrected chi connectivity index (χ1v) is 21.6. The van der Waals surface area contributed by atoms with Gasteiger partial charge in [-0.05, 0) is 83.5 Å².